The molecule has 2 aromatic heterocycles. The van der Waals surface area contributed by atoms with E-state index in [0.717, 1.165) is 30.4 Å². The Hall–Kier alpha value is -4.01. The van der Waals surface area contributed by atoms with E-state index in [1.54, 1.807) is 18.3 Å². The van der Waals surface area contributed by atoms with Gasteiger partial charge in [0.15, 0.2) is 5.41 Å². The van der Waals surface area contributed by atoms with E-state index in [1.165, 1.54) is 9.30 Å². The summed E-state index contributed by atoms with van der Waals surface area (Å²) in [6, 6.07) is 11.8. The predicted octanol–water partition coefficient (Wildman–Crippen LogP) is 3.00. The number of barbiturate groups is 1. The number of urea groups is 1. The maximum atomic E-state index is 14.3. The van der Waals surface area contributed by atoms with Crippen LogP contribution in [0.4, 0.5) is 10.6 Å². The molecule has 0 saturated carbocycles. The van der Waals surface area contributed by atoms with Crippen molar-refractivity contribution in [2.75, 3.05) is 18.0 Å². The number of hydrogen-bond donors (Lipinski definition) is 1. The van der Waals surface area contributed by atoms with Gasteiger partial charge in [-0.2, -0.15) is 0 Å². The fourth-order valence-electron chi connectivity index (χ4n) is 6.21. The molecule has 0 bridgehead atoms. The third-order valence-electron chi connectivity index (χ3n) is 8.02. The lowest BCUT2D eigenvalue weighted by Gasteiger charge is -2.53. The Morgan fingerprint density at radius 1 is 1.03 bits per heavy atom. The summed E-state index contributed by atoms with van der Waals surface area (Å²) in [6.07, 6.45) is 5.78. The molecule has 9 heteroatoms. The molecule has 6 rings (SSSR count). The zero-order chi connectivity index (χ0) is 25.7. The number of imide groups is 2. The largest absolute Gasteiger partial charge is 0.347 e. The minimum absolute atomic E-state index is 0.120. The van der Waals surface area contributed by atoms with E-state index in [4.69, 9.17) is 4.98 Å². The van der Waals surface area contributed by atoms with Crippen LogP contribution >= 0.6 is 0 Å². The van der Waals surface area contributed by atoms with E-state index in [-0.39, 0.29) is 18.5 Å². The molecule has 3 aromatic rings. The Balaban J connectivity index is 1.56. The molecule has 0 unspecified atom stereocenters. The molecule has 4 amide bonds. The van der Waals surface area contributed by atoms with Crippen molar-refractivity contribution < 1.29 is 14.4 Å². The lowest BCUT2D eigenvalue weighted by Crippen LogP contribution is -2.70. The third-order valence-corrected chi connectivity index (χ3v) is 8.02. The molecule has 5 heterocycles. The molecule has 9 nitrogen and oxygen atoms in total. The van der Waals surface area contributed by atoms with Crippen molar-refractivity contribution in [1.82, 2.24) is 19.6 Å². The summed E-state index contributed by atoms with van der Waals surface area (Å²) in [7, 11) is 0. The average Bonchev–Trinajstić information content (AvgIpc) is 2.91. The van der Waals surface area contributed by atoms with Crippen LogP contribution in [0.1, 0.15) is 55.3 Å². The number of anilines is 1. The summed E-state index contributed by atoms with van der Waals surface area (Å²) < 4.78 is 1.45. The van der Waals surface area contributed by atoms with Gasteiger partial charge in [0.2, 0.25) is 11.8 Å². The first-order valence-corrected chi connectivity index (χ1v) is 13.0. The normalized spacial score (nSPS) is 22.6. The first-order chi connectivity index (χ1) is 18.0. The SMILES string of the molecule is CCCCCCN1C(=O)NC(=O)[C@]2(Cc3c(nc4ccccn4c3=O)N3CCc4ccccc4[C@H]32)C1=O. The molecule has 2 atom stereocenters. The number of hydrogen-bond acceptors (Lipinski definition) is 6. The molecule has 0 aliphatic carbocycles. The quantitative estimate of drug-likeness (QED) is 0.428. The minimum Gasteiger partial charge on any atom is -0.347 e. The maximum Gasteiger partial charge on any atom is 0.330 e. The van der Waals surface area contributed by atoms with Gasteiger partial charge in [-0.25, -0.2) is 9.78 Å². The second kappa shape index (κ2) is 8.83. The molecule has 3 aliphatic rings. The Bertz CT molecular complexity index is 1500. The summed E-state index contributed by atoms with van der Waals surface area (Å²) in [5.41, 5.74) is 0.778. The molecule has 1 saturated heterocycles. The molecule has 3 aliphatic heterocycles. The number of aromatic nitrogens is 2. The van der Waals surface area contributed by atoms with E-state index in [1.807, 2.05) is 35.2 Å². The first kappa shape index (κ1) is 23.4. The van der Waals surface area contributed by atoms with Gasteiger partial charge in [0.05, 0.1) is 11.6 Å². The lowest BCUT2D eigenvalue weighted by molar-refractivity contribution is -0.154. The zero-order valence-electron chi connectivity index (χ0n) is 20.8. The van der Waals surface area contributed by atoms with Crippen LogP contribution in [-0.4, -0.2) is 45.2 Å². The molecule has 1 aromatic carbocycles. The van der Waals surface area contributed by atoms with E-state index >= 15 is 0 Å². The number of fused-ring (bicyclic) bond motifs is 7. The number of pyridine rings is 1. The number of benzene rings is 1. The molecule has 1 fully saturated rings. The standard InChI is InChI=1S/C28H29N5O4/c1-2-3-4-8-15-33-26(36)28(25(35)30-27(33)37)17-20-23(29-21-12-7-9-14-31(21)24(20)34)32-16-13-18-10-5-6-11-19(18)22(28)32/h5-7,9-12,14,22H,2-4,8,13,15-17H2,1H3,(H,30,35,37)/t22-,28+/m0/s1. The predicted molar refractivity (Wildman–Crippen MR) is 137 cm³/mol. The van der Waals surface area contributed by atoms with Crippen molar-refractivity contribution in [3.8, 4) is 0 Å². The number of amides is 4. The van der Waals surface area contributed by atoms with Gasteiger partial charge in [0.1, 0.15) is 11.5 Å². The third kappa shape index (κ3) is 3.40. The van der Waals surface area contributed by atoms with Crippen LogP contribution in [0, 0.1) is 5.41 Å². The molecule has 190 valence electrons. The second-order valence-electron chi connectivity index (χ2n) is 10.1. The number of unbranched alkanes of at least 4 members (excludes halogenated alkanes) is 3. The Kier molecular flexibility index (Phi) is 5.58. The van der Waals surface area contributed by atoms with Crippen molar-refractivity contribution in [3.05, 3.63) is 75.7 Å². The first-order valence-electron chi connectivity index (χ1n) is 13.0. The van der Waals surface area contributed by atoms with Gasteiger partial charge in [0, 0.05) is 25.7 Å². The summed E-state index contributed by atoms with van der Waals surface area (Å²) in [4.78, 5) is 62.7. The molecular weight excluding hydrogens is 470 g/mol. The van der Waals surface area contributed by atoms with E-state index in [9.17, 15) is 19.2 Å². The van der Waals surface area contributed by atoms with Gasteiger partial charge < -0.3 is 4.90 Å². The monoisotopic (exact) mass is 499 g/mol. The van der Waals surface area contributed by atoms with Crippen LogP contribution in [0.2, 0.25) is 0 Å². The summed E-state index contributed by atoms with van der Waals surface area (Å²) in [6.45, 7) is 2.82. The molecular formula is C28H29N5O4. The van der Waals surface area contributed by atoms with E-state index in [0.29, 0.717) is 36.4 Å². The minimum atomic E-state index is -1.66. The number of carbonyl (C=O) groups excluding carboxylic acids is 3. The smallest absolute Gasteiger partial charge is 0.330 e. The van der Waals surface area contributed by atoms with Crippen molar-refractivity contribution in [3.63, 3.8) is 0 Å². The number of nitrogens with one attached hydrogen (secondary N) is 1. The van der Waals surface area contributed by atoms with E-state index < -0.39 is 29.3 Å². The highest BCUT2D eigenvalue weighted by atomic mass is 16.2. The maximum absolute atomic E-state index is 14.3. The topological polar surface area (TPSA) is 104 Å². The highest BCUT2D eigenvalue weighted by Crippen LogP contribution is 2.52. The van der Waals surface area contributed by atoms with Crippen molar-refractivity contribution in [2.45, 2.75) is 51.5 Å². The number of nitrogens with zero attached hydrogens (tertiary/aromatic N) is 4. The van der Waals surface area contributed by atoms with Gasteiger partial charge in [-0.1, -0.05) is 56.5 Å². The Morgan fingerprint density at radius 2 is 1.84 bits per heavy atom. The van der Waals surface area contributed by atoms with Crippen LogP contribution < -0.4 is 15.8 Å². The van der Waals surface area contributed by atoms with Gasteiger partial charge in [-0.15, -0.1) is 0 Å². The summed E-state index contributed by atoms with van der Waals surface area (Å²) in [5, 5.41) is 2.48. The highest BCUT2D eigenvalue weighted by molar-refractivity contribution is 6.20. The fourth-order valence-corrected chi connectivity index (χ4v) is 6.21. The lowest BCUT2D eigenvalue weighted by atomic mass is 9.65. The zero-order valence-corrected chi connectivity index (χ0v) is 20.8. The van der Waals surface area contributed by atoms with Gasteiger partial charge in [-0.05, 0) is 36.1 Å². The molecule has 37 heavy (non-hydrogen) atoms. The molecule has 1 N–H and O–H groups in total. The van der Waals surface area contributed by atoms with Crippen LogP contribution in [0.25, 0.3) is 5.65 Å². The molecule has 1 spiro atoms. The van der Waals surface area contributed by atoms with Crippen LogP contribution in [0.15, 0.2) is 53.5 Å². The number of rotatable bonds is 5. The van der Waals surface area contributed by atoms with Crippen molar-refractivity contribution >= 4 is 29.3 Å². The summed E-state index contributed by atoms with van der Waals surface area (Å²) in [5.74, 6) is -0.678. The summed E-state index contributed by atoms with van der Waals surface area (Å²) >= 11 is 0. The van der Waals surface area contributed by atoms with Crippen LogP contribution in [-0.2, 0) is 22.4 Å². The Labute approximate surface area is 214 Å². The Morgan fingerprint density at radius 3 is 2.68 bits per heavy atom. The average molecular weight is 500 g/mol. The van der Waals surface area contributed by atoms with E-state index in [2.05, 4.69) is 12.2 Å². The van der Waals surface area contributed by atoms with Gasteiger partial charge in [-0.3, -0.25) is 29.0 Å². The van der Waals surface area contributed by atoms with Crippen molar-refractivity contribution in [1.29, 1.82) is 0 Å². The number of carbonyl (C=O) groups is 3. The van der Waals surface area contributed by atoms with Crippen molar-refractivity contribution in [2.24, 2.45) is 5.41 Å². The second-order valence-corrected chi connectivity index (χ2v) is 10.1. The van der Waals surface area contributed by atoms with Crippen LogP contribution in [0.3, 0.4) is 0 Å². The van der Waals surface area contributed by atoms with Gasteiger partial charge >= 0.3 is 6.03 Å². The van der Waals surface area contributed by atoms with Crippen LogP contribution in [0.5, 0.6) is 0 Å². The molecule has 0 radical (unpaired) electrons. The van der Waals surface area contributed by atoms with Gasteiger partial charge in [0.25, 0.3) is 5.56 Å². The fraction of sp³-hybridized carbons (Fsp3) is 0.393. The highest BCUT2D eigenvalue weighted by Gasteiger charge is 2.64.